The monoisotopic (exact) mass is 230 g/mol. The van der Waals surface area contributed by atoms with Crippen LogP contribution in [0.25, 0.3) is 11.3 Å². The van der Waals surface area contributed by atoms with Gasteiger partial charge in [-0.3, -0.25) is 4.68 Å². The number of nitrogens with zero attached hydrogens (tertiary/aromatic N) is 3. The Balaban J connectivity index is 2.24. The predicted molar refractivity (Wildman–Crippen MR) is 69.3 cm³/mol. The van der Waals surface area contributed by atoms with Gasteiger partial charge in [-0.25, -0.2) is 0 Å². The van der Waals surface area contributed by atoms with Gasteiger partial charge >= 0.3 is 0 Å². The molecule has 0 radical (unpaired) electrons. The Kier molecular flexibility index (Phi) is 2.88. The van der Waals surface area contributed by atoms with Gasteiger partial charge in [-0.05, 0) is 17.5 Å². The maximum Gasteiger partial charge on any atom is 0.113 e. The SMILES string of the molecule is CC(C)(C)Cn1cc(-c2cccc(N)c2)nn1. The molecular formula is C13H18N4. The first kappa shape index (κ1) is 11.6. The van der Waals surface area contributed by atoms with Gasteiger partial charge < -0.3 is 5.73 Å². The fourth-order valence-corrected chi connectivity index (χ4v) is 1.69. The van der Waals surface area contributed by atoms with E-state index in [1.165, 1.54) is 0 Å². The van der Waals surface area contributed by atoms with Gasteiger partial charge in [0.2, 0.25) is 0 Å². The van der Waals surface area contributed by atoms with Gasteiger partial charge in [-0.2, -0.15) is 0 Å². The number of aromatic nitrogens is 3. The third kappa shape index (κ3) is 3.06. The highest BCUT2D eigenvalue weighted by atomic mass is 15.4. The summed E-state index contributed by atoms with van der Waals surface area (Å²) in [6.45, 7) is 7.38. The molecule has 0 bridgehead atoms. The molecule has 0 amide bonds. The first-order valence-electron chi connectivity index (χ1n) is 5.70. The average molecular weight is 230 g/mol. The van der Waals surface area contributed by atoms with Gasteiger partial charge in [0.25, 0.3) is 0 Å². The Bertz CT molecular complexity index is 508. The Morgan fingerprint density at radius 3 is 2.71 bits per heavy atom. The Hall–Kier alpha value is -1.84. The van der Waals surface area contributed by atoms with E-state index in [0.29, 0.717) is 0 Å². The normalized spacial score (nSPS) is 11.7. The molecule has 90 valence electrons. The van der Waals surface area contributed by atoms with Gasteiger partial charge in [0, 0.05) is 17.8 Å². The second kappa shape index (κ2) is 4.20. The molecule has 1 aromatic carbocycles. The molecule has 1 heterocycles. The van der Waals surface area contributed by atoms with Crippen molar-refractivity contribution >= 4 is 5.69 Å². The molecule has 0 atom stereocenters. The van der Waals surface area contributed by atoms with Crippen LogP contribution in [0.4, 0.5) is 5.69 Å². The molecule has 0 saturated carbocycles. The van der Waals surface area contributed by atoms with E-state index in [-0.39, 0.29) is 5.41 Å². The molecule has 4 heteroatoms. The predicted octanol–water partition coefficient (Wildman–Crippen LogP) is 2.57. The van der Waals surface area contributed by atoms with Gasteiger partial charge in [-0.1, -0.05) is 38.1 Å². The zero-order chi connectivity index (χ0) is 12.5. The van der Waals surface area contributed by atoms with Crippen LogP contribution in [-0.2, 0) is 6.54 Å². The van der Waals surface area contributed by atoms with E-state index in [9.17, 15) is 0 Å². The number of anilines is 1. The van der Waals surface area contributed by atoms with Crippen molar-refractivity contribution in [2.24, 2.45) is 5.41 Å². The largest absolute Gasteiger partial charge is 0.399 e. The molecule has 1 aromatic heterocycles. The number of benzene rings is 1. The lowest BCUT2D eigenvalue weighted by Crippen LogP contribution is -2.15. The summed E-state index contributed by atoms with van der Waals surface area (Å²) in [7, 11) is 0. The van der Waals surface area contributed by atoms with Crippen LogP contribution < -0.4 is 5.73 Å². The van der Waals surface area contributed by atoms with Crippen molar-refractivity contribution in [2.45, 2.75) is 27.3 Å². The number of rotatable bonds is 2. The van der Waals surface area contributed by atoms with Crippen LogP contribution in [0, 0.1) is 5.41 Å². The molecule has 0 aliphatic rings. The quantitative estimate of drug-likeness (QED) is 0.807. The van der Waals surface area contributed by atoms with Crippen molar-refractivity contribution in [3.8, 4) is 11.3 Å². The zero-order valence-electron chi connectivity index (χ0n) is 10.5. The maximum absolute atomic E-state index is 5.75. The lowest BCUT2D eigenvalue weighted by molar-refractivity contribution is 0.321. The van der Waals surface area contributed by atoms with Crippen molar-refractivity contribution in [1.82, 2.24) is 15.0 Å². The first-order valence-corrected chi connectivity index (χ1v) is 5.70. The van der Waals surface area contributed by atoms with Crippen LogP contribution in [0.1, 0.15) is 20.8 Å². The molecule has 0 unspecified atom stereocenters. The van der Waals surface area contributed by atoms with E-state index in [1.54, 1.807) is 0 Å². The van der Waals surface area contributed by atoms with Gasteiger partial charge in [0.1, 0.15) is 5.69 Å². The van der Waals surface area contributed by atoms with E-state index in [1.807, 2.05) is 35.1 Å². The molecule has 0 saturated heterocycles. The second-order valence-electron chi connectivity index (χ2n) is 5.49. The highest BCUT2D eigenvalue weighted by Gasteiger charge is 2.13. The fraction of sp³-hybridized carbons (Fsp3) is 0.385. The van der Waals surface area contributed by atoms with Crippen LogP contribution in [0.5, 0.6) is 0 Å². The summed E-state index contributed by atoms with van der Waals surface area (Å²) < 4.78 is 1.87. The summed E-state index contributed by atoms with van der Waals surface area (Å²) in [6, 6.07) is 7.68. The van der Waals surface area contributed by atoms with Gasteiger partial charge in [0.05, 0.1) is 6.20 Å². The standard InChI is InChI=1S/C13H18N4/c1-13(2,3)9-17-8-12(15-16-17)10-5-4-6-11(14)7-10/h4-8H,9,14H2,1-3H3. The molecule has 2 aromatic rings. The highest BCUT2D eigenvalue weighted by Crippen LogP contribution is 2.20. The number of hydrogen-bond acceptors (Lipinski definition) is 3. The van der Waals surface area contributed by atoms with Crippen molar-refractivity contribution in [3.05, 3.63) is 30.5 Å². The maximum atomic E-state index is 5.75. The van der Waals surface area contributed by atoms with Crippen molar-refractivity contribution in [2.75, 3.05) is 5.73 Å². The molecule has 2 rings (SSSR count). The molecule has 0 aliphatic carbocycles. The second-order valence-corrected chi connectivity index (χ2v) is 5.49. The summed E-state index contributed by atoms with van der Waals surface area (Å²) in [5.74, 6) is 0. The molecule has 17 heavy (non-hydrogen) atoms. The van der Waals surface area contributed by atoms with Crippen LogP contribution in [0.15, 0.2) is 30.5 Å². The molecule has 4 nitrogen and oxygen atoms in total. The van der Waals surface area contributed by atoms with Crippen LogP contribution in [-0.4, -0.2) is 15.0 Å². The molecule has 0 spiro atoms. The van der Waals surface area contributed by atoms with Crippen molar-refractivity contribution in [1.29, 1.82) is 0 Å². The fourth-order valence-electron chi connectivity index (χ4n) is 1.69. The minimum atomic E-state index is 0.195. The highest BCUT2D eigenvalue weighted by molar-refractivity contribution is 5.62. The zero-order valence-corrected chi connectivity index (χ0v) is 10.5. The molecule has 2 N–H and O–H groups in total. The van der Waals surface area contributed by atoms with E-state index in [2.05, 4.69) is 31.1 Å². The van der Waals surface area contributed by atoms with E-state index in [0.717, 1.165) is 23.5 Å². The summed E-state index contributed by atoms with van der Waals surface area (Å²) in [5, 5.41) is 8.30. The minimum Gasteiger partial charge on any atom is -0.399 e. The van der Waals surface area contributed by atoms with E-state index in [4.69, 9.17) is 5.73 Å². The minimum absolute atomic E-state index is 0.195. The lowest BCUT2D eigenvalue weighted by atomic mass is 9.97. The van der Waals surface area contributed by atoms with Crippen LogP contribution in [0.2, 0.25) is 0 Å². The first-order chi connectivity index (χ1) is 7.94. The van der Waals surface area contributed by atoms with Gasteiger partial charge in [-0.15, -0.1) is 5.10 Å². The molecular weight excluding hydrogens is 212 g/mol. The third-order valence-electron chi connectivity index (χ3n) is 2.36. The molecule has 0 fully saturated rings. The number of nitrogens with two attached hydrogens (primary N) is 1. The third-order valence-corrected chi connectivity index (χ3v) is 2.36. The molecule has 0 aliphatic heterocycles. The van der Waals surface area contributed by atoms with Crippen molar-refractivity contribution in [3.63, 3.8) is 0 Å². The summed E-state index contributed by atoms with van der Waals surface area (Å²) in [5.41, 5.74) is 8.56. The Morgan fingerprint density at radius 1 is 1.29 bits per heavy atom. The summed E-state index contributed by atoms with van der Waals surface area (Å²) in [6.07, 6.45) is 1.96. The van der Waals surface area contributed by atoms with Gasteiger partial charge in [0.15, 0.2) is 0 Å². The summed E-state index contributed by atoms with van der Waals surface area (Å²) >= 11 is 0. The van der Waals surface area contributed by atoms with Crippen LogP contribution in [0.3, 0.4) is 0 Å². The number of hydrogen-bond donors (Lipinski definition) is 1. The topological polar surface area (TPSA) is 56.7 Å². The van der Waals surface area contributed by atoms with E-state index < -0.39 is 0 Å². The van der Waals surface area contributed by atoms with E-state index >= 15 is 0 Å². The Morgan fingerprint density at radius 2 is 2.06 bits per heavy atom. The van der Waals surface area contributed by atoms with Crippen LogP contribution >= 0.6 is 0 Å². The lowest BCUT2D eigenvalue weighted by Gasteiger charge is -2.16. The Labute approximate surface area is 101 Å². The summed E-state index contributed by atoms with van der Waals surface area (Å²) in [4.78, 5) is 0. The number of nitrogen functional groups attached to an aromatic ring is 1. The average Bonchev–Trinajstić information content (AvgIpc) is 2.63. The van der Waals surface area contributed by atoms with Crippen molar-refractivity contribution < 1.29 is 0 Å². The smallest absolute Gasteiger partial charge is 0.113 e.